The first-order valence-corrected chi connectivity index (χ1v) is 8.45. The molecule has 0 aliphatic rings. The predicted octanol–water partition coefficient (Wildman–Crippen LogP) is 5.97. The zero-order chi connectivity index (χ0) is 18.9. The fourth-order valence-corrected chi connectivity index (χ4v) is 5.05. The Morgan fingerprint density at radius 2 is 0.880 bits per heavy atom. The molecule has 2 nitrogen and oxygen atoms in total. The predicted molar refractivity (Wildman–Crippen MR) is 82.2 cm³/mol. The molecule has 0 aromatic heterocycles. The van der Waals surface area contributed by atoms with Gasteiger partial charge in [0, 0.05) is 19.8 Å². The van der Waals surface area contributed by atoms with Crippen molar-refractivity contribution in [2.45, 2.75) is 20.8 Å². The monoisotopic (exact) mass is 384 g/mol. The average Bonchev–Trinajstić information content (AvgIpc) is 2.54. The van der Waals surface area contributed by atoms with Crippen LogP contribution in [0.1, 0.15) is 0 Å². The van der Waals surface area contributed by atoms with E-state index in [2.05, 4.69) is 0 Å². The number of ether oxygens (including phenoxy) is 2. The third-order valence-electron chi connectivity index (χ3n) is 3.52. The Morgan fingerprint density at radius 3 is 1.08 bits per heavy atom. The lowest BCUT2D eigenvalue weighted by Crippen LogP contribution is -2.33. The van der Waals surface area contributed by atoms with Crippen molar-refractivity contribution < 1.29 is 35.8 Å². The molecule has 0 saturated carbocycles. The van der Waals surface area contributed by atoms with E-state index in [0.717, 1.165) is 48.5 Å². The molecule has 0 unspecified atom stereocenters. The maximum Gasteiger partial charge on any atom is 0.440 e. The van der Waals surface area contributed by atoms with Gasteiger partial charge in [-0.25, -0.2) is 0 Å². The molecule has 25 heavy (non-hydrogen) atoms. The van der Waals surface area contributed by atoms with Crippen molar-refractivity contribution in [1.82, 2.24) is 0 Å². The second-order valence-corrected chi connectivity index (χ2v) is 7.95. The van der Waals surface area contributed by atoms with Crippen LogP contribution in [0, 0.1) is 0 Å². The number of rotatable bonds is 4. The third-order valence-corrected chi connectivity index (χ3v) is 6.87. The molecule has 2 rings (SSSR count). The number of hydrogen-bond donors (Lipinski definition) is 0. The van der Waals surface area contributed by atoms with Crippen LogP contribution in [0.4, 0.5) is 26.3 Å². The maximum atomic E-state index is 13.9. The van der Waals surface area contributed by atoms with Gasteiger partial charge in [-0.3, -0.25) is 0 Å². The molecule has 2 aromatic rings. The molecular formula is C16H14F6O2S. The van der Waals surface area contributed by atoms with Crippen molar-refractivity contribution in [2.24, 2.45) is 0 Å². The first kappa shape index (κ1) is 19.3. The lowest BCUT2D eigenvalue weighted by atomic mass is 10.3. The van der Waals surface area contributed by atoms with Gasteiger partial charge in [0.2, 0.25) is 0 Å². The van der Waals surface area contributed by atoms with E-state index in [9.17, 15) is 26.3 Å². The van der Waals surface area contributed by atoms with Crippen LogP contribution in [0.25, 0.3) is 0 Å². The van der Waals surface area contributed by atoms with E-state index in [0.29, 0.717) is 0 Å². The average molecular weight is 384 g/mol. The topological polar surface area (TPSA) is 18.5 Å². The molecular weight excluding hydrogens is 370 g/mol. The maximum absolute atomic E-state index is 13.9. The summed E-state index contributed by atoms with van der Waals surface area (Å²) in [6, 6.07) is 7.55. The molecule has 138 valence electrons. The summed E-state index contributed by atoms with van der Waals surface area (Å²) in [5, 5.41) is 0. The Bertz CT molecular complexity index is 644. The zero-order valence-corrected chi connectivity index (χ0v) is 13.9. The van der Waals surface area contributed by atoms with Crippen molar-refractivity contribution in [1.29, 1.82) is 0 Å². The number of alkyl halides is 6. The van der Waals surface area contributed by atoms with Crippen molar-refractivity contribution >= 4 is 10.0 Å². The summed E-state index contributed by atoms with van der Waals surface area (Å²) in [5.74, 6) is 0.326. The molecule has 0 bridgehead atoms. The van der Waals surface area contributed by atoms with E-state index in [1.165, 1.54) is 14.2 Å². The number of hydrogen-bond acceptors (Lipinski definition) is 2. The summed E-state index contributed by atoms with van der Waals surface area (Å²) in [4.78, 5) is -1.73. The minimum atomic E-state index is -5.53. The highest BCUT2D eigenvalue weighted by Gasteiger charge is 2.68. The van der Waals surface area contributed by atoms with Gasteiger partial charge in [-0.2, -0.15) is 26.3 Å². The van der Waals surface area contributed by atoms with Crippen LogP contribution in [0.5, 0.6) is 11.5 Å². The van der Waals surface area contributed by atoms with E-state index in [1.54, 1.807) is 0 Å². The molecule has 0 atom stereocenters. The van der Waals surface area contributed by atoms with Gasteiger partial charge in [-0.15, -0.1) is 0 Å². The molecule has 0 N–H and O–H groups in total. The number of methoxy groups -OCH3 is 2. The van der Waals surface area contributed by atoms with E-state index >= 15 is 0 Å². The summed E-state index contributed by atoms with van der Waals surface area (Å²) in [6.45, 7) is 0. The van der Waals surface area contributed by atoms with Gasteiger partial charge in [0.05, 0.1) is 14.2 Å². The SMILES string of the molecule is COc1ccc(S(c2ccc(OC)cc2)(C(F)(F)F)C(F)(F)F)cc1. The smallest absolute Gasteiger partial charge is 0.440 e. The first-order valence-electron chi connectivity index (χ1n) is 6.82. The Balaban J connectivity index is 2.80. The van der Waals surface area contributed by atoms with Gasteiger partial charge in [-0.1, -0.05) is 0 Å². The molecule has 0 fully saturated rings. The molecule has 2 aromatic carbocycles. The minimum absolute atomic E-state index is 0.163. The molecule has 9 heteroatoms. The van der Waals surface area contributed by atoms with Gasteiger partial charge in [0.15, 0.2) is 0 Å². The van der Waals surface area contributed by atoms with Crippen LogP contribution in [0.3, 0.4) is 0 Å². The van der Waals surface area contributed by atoms with Crippen molar-refractivity contribution in [3.8, 4) is 11.5 Å². The Labute approximate surface area is 141 Å². The molecule has 0 aliphatic heterocycles. The molecule has 0 spiro atoms. The molecule has 0 saturated heterocycles. The zero-order valence-electron chi connectivity index (χ0n) is 13.1. The third kappa shape index (κ3) is 3.24. The Morgan fingerprint density at radius 1 is 0.600 bits per heavy atom. The largest absolute Gasteiger partial charge is 0.497 e. The van der Waals surface area contributed by atoms with E-state index < -0.39 is 30.8 Å². The van der Waals surface area contributed by atoms with Crippen molar-refractivity contribution in [2.75, 3.05) is 14.2 Å². The highest BCUT2D eigenvalue weighted by molar-refractivity contribution is 8.35. The van der Waals surface area contributed by atoms with Gasteiger partial charge in [0.1, 0.15) is 11.5 Å². The van der Waals surface area contributed by atoms with Crippen LogP contribution in [-0.2, 0) is 0 Å². The normalized spacial score (nSPS) is 13.4. The van der Waals surface area contributed by atoms with Crippen molar-refractivity contribution in [3.05, 3.63) is 48.5 Å². The van der Waals surface area contributed by atoms with Gasteiger partial charge in [0.25, 0.3) is 0 Å². The van der Waals surface area contributed by atoms with Crippen LogP contribution < -0.4 is 9.47 Å². The van der Waals surface area contributed by atoms with Crippen LogP contribution in [0.15, 0.2) is 58.3 Å². The molecule has 0 amide bonds. The fourth-order valence-electron chi connectivity index (χ4n) is 2.36. The summed E-state index contributed by atoms with van der Waals surface area (Å²) in [5.41, 5.74) is -11.1. The minimum Gasteiger partial charge on any atom is -0.497 e. The highest BCUT2D eigenvalue weighted by atomic mass is 32.3. The molecule has 0 aliphatic carbocycles. The first-order chi connectivity index (χ1) is 11.6. The van der Waals surface area contributed by atoms with Crippen LogP contribution in [-0.4, -0.2) is 25.2 Å². The summed E-state index contributed by atoms with van der Waals surface area (Å²) < 4.78 is 92.8. The van der Waals surface area contributed by atoms with Gasteiger partial charge >= 0.3 is 11.0 Å². The highest BCUT2D eigenvalue weighted by Crippen LogP contribution is 2.80. The number of benzene rings is 2. The number of halogens is 6. The van der Waals surface area contributed by atoms with Crippen LogP contribution >= 0.6 is 10.0 Å². The summed E-state index contributed by atoms with van der Waals surface area (Å²) in [7, 11) is -2.81. The van der Waals surface area contributed by atoms with Crippen LogP contribution in [0.2, 0.25) is 0 Å². The van der Waals surface area contributed by atoms with Gasteiger partial charge in [-0.05, 0) is 48.5 Å². The van der Waals surface area contributed by atoms with E-state index in [1.807, 2.05) is 0 Å². The Hall–Kier alpha value is -2.03. The van der Waals surface area contributed by atoms with Crippen molar-refractivity contribution in [3.63, 3.8) is 0 Å². The second kappa shape index (κ2) is 6.70. The summed E-state index contributed by atoms with van der Waals surface area (Å²) >= 11 is 0. The standard InChI is InChI=1S/C16H14F6O2S/c1-23-11-3-7-13(8-4-11)25(15(17,18)19,16(20,21)22)14-9-5-12(24-2)6-10-14/h3-10H,1-2H3. The summed E-state index contributed by atoms with van der Waals surface area (Å²) in [6.07, 6.45) is 0. The fraction of sp³-hybridized carbons (Fsp3) is 0.250. The van der Waals surface area contributed by atoms with E-state index in [4.69, 9.17) is 9.47 Å². The lowest BCUT2D eigenvalue weighted by molar-refractivity contribution is -0.0800. The van der Waals surface area contributed by atoms with E-state index in [-0.39, 0.29) is 11.5 Å². The quantitative estimate of drug-likeness (QED) is 0.605. The van der Waals surface area contributed by atoms with Gasteiger partial charge < -0.3 is 9.47 Å². The Kier molecular flexibility index (Phi) is 5.17. The second-order valence-electron chi connectivity index (χ2n) is 4.85. The lowest BCUT2D eigenvalue weighted by Gasteiger charge is -2.42. The molecule has 0 heterocycles. The molecule has 0 radical (unpaired) electrons.